The fraction of sp³-hybridized carbons (Fsp3) is 0.593. The number of carbonyl (C=O) groups is 1. The number of esters is 1. The topological polar surface area (TPSA) is 76.0 Å². The monoisotopic (exact) mass is 472 g/mol. The second-order valence-corrected chi connectivity index (χ2v) is 11.6. The lowest BCUT2D eigenvalue weighted by molar-refractivity contribution is -0.152. The zero-order chi connectivity index (χ0) is 23.8. The van der Waals surface area contributed by atoms with Crippen molar-refractivity contribution in [2.75, 3.05) is 20.3 Å². The summed E-state index contributed by atoms with van der Waals surface area (Å²) in [6.45, 7) is 9.12. The number of rotatable bonds is 7. The zero-order valence-corrected chi connectivity index (χ0v) is 20.7. The molecule has 1 unspecified atom stereocenters. The van der Waals surface area contributed by atoms with Gasteiger partial charge in [-0.3, -0.25) is 0 Å². The van der Waals surface area contributed by atoms with Crippen molar-refractivity contribution in [2.24, 2.45) is 22.7 Å². The van der Waals surface area contributed by atoms with Crippen molar-refractivity contribution >= 4 is 17.7 Å². The molecule has 1 aliphatic heterocycles. The van der Waals surface area contributed by atoms with Crippen molar-refractivity contribution in [1.82, 2.24) is 0 Å². The number of aliphatic hydroxyl groups excluding tert-OH is 2. The molecule has 0 aromatic heterocycles. The number of carbonyl (C=O) groups excluding carboxylic acids is 1. The van der Waals surface area contributed by atoms with Crippen molar-refractivity contribution in [2.45, 2.75) is 62.2 Å². The maximum Gasteiger partial charge on any atom is 0.335 e. The first-order valence-electron chi connectivity index (χ1n) is 11.9. The maximum absolute atomic E-state index is 12.6. The van der Waals surface area contributed by atoms with Gasteiger partial charge in [0.05, 0.1) is 19.8 Å². The van der Waals surface area contributed by atoms with E-state index in [1.165, 1.54) is 5.57 Å². The van der Waals surface area contributed by atoms with Crippen LogP contribution in [0.3, 0.4) is 0 Å². The summed E-state index contributed by atoms with van der Waals surface area (Å²) in [7, 11) is 1.65. The van der Waals surface area contributed by atoms with Crippen LogP contribution >= 0.6 is 11.8 Å². The van der Waals surface area contributed by atoms with E-state index in [0.717, 1.165) is 41.9 Å². The third kappa shape index (κ3) is 4.38. The zero-order valence-electron chi connectivity index (χ0n) is 19.9. The van der Waals surface area contributed by atoms with E-state index >= 15 is 0 Å². The molecule has 180 valence electrons. The third-order valence-corrected chi connectivity index (χ3v) is 9.86. The Labute approximate surface area is 201 Å². The minimum absolute atomic E-state index is 0.0187. The van der Waals surface area contributed by atoms with Gasteiger partial charge >= 0.3 is 5.97 Å². The first kappa shape index (κ1) is 24.4. The van der Waals surface area contributed by atoms with Crippen LogP contribution in [0.15, 0.2) is 53.0 Å². The van der Waals surface area contributed by atoms with Gasteiger partial charge in [-0.15, -0.1) is 11.8 Å². The highest BCUT2D eigenvalue weighted by molar-refractivity contribution is 8.00. The van der Waals surface area contributed by atoms with E-state index in [1.807, 2.05) is 37.3 Å². The molecule has 0 spiro atoms. The molecular weight excluding hydrogens is 436 g/mol. The van der Waals surface area contributed by atoms with Crippen LogP contribution < -0.4 is 4.74 Å². The quantitative estimate of drug-likeness (QED) is 0.338. The summed E-state index contributed by atoms with van der Waals surface area (Å²) in [5.74, 6) is 0.962. The maximum atomic E-state index is 12.6. The highest BCUT2D eigenvalue weighted by Gasteiger charge is 2.58. The van der Waals surface area contributed by atoms with E-state index in [-0.39, 0.29) is 35.1 Å². The minimum Gasteiger partial charge on any atom is -0.497 e. The molecule has 2 aliphatic carbocycles. The molecule has 4 rings (SSSR count). The molecule has 2 N–H and O–H groups in total. The molecule has 33 heavy (non-hydrogen) atoms. The van der Waals surface area contributed by atoms with Crippen LogP contribution in [0, 0.1) is 22.7 Å². The Balaban J connectivity index is 1.65. The summed E-state index contributed by atoms with van der Waals surface area (Å²) in [6.07, 6.45) is 5.58. The Morgan fingerprint density at radius 3 is 2.61 bits per heavy atom. The first-order valence-corrected chi connectivity index (χ1v) is 12.8. The molecule has 0 saturated heterocycles. The van der Waals surface area contributed by atoms with Gasteiger partial charge in [0.15, 0.2) is 0 Å². The first-order chi connectivity index (χ1) is 15.7. The number of hydrogen-bond acceptors (Lipinski definition) is 6. The van der Waals surface area contributed by atoms with Crippen LogP contribution in [0.25, 0.3) is 0 Å². The molecule has 5 nitrogen and oxygen atoms in total. The molecule has 0 radical (unpaired) electrons. The summed E-state index contributed by atoms with van der Waals surface area (Å²) in [5.41, 5.74) is 1.34. The SMILES string of the molecule is C=C1CC[C@@H]2[C@](C)(CO)[C@H](O)CC[C@@]2(C)[C@@H]1CC(Sc1ccc(OC)cc1)C1=CCOC1=O. The van der Waals surface area contributed by atoms with Crippen molar-refractivity contribution < 1.29 is 24.5 Å². The number of allylic oxidation sites excluding steroid dienone is 1. The van der Waals surface area contributed by atoms with E-state index in [4.69, 9.17) is 9.47 Å². The Kier molecular flexibility index (Phi) is 7.00. The van der Waals surface area contributed by atoms with Gasteiger partial charge in [0.1, 0.15) is 12.4 Å². The highest BCUT2D eigenvalue weighted by Crippen LogP contribution is 2.62. The van der Waals surface area contributed by atoms with Gasteiger partial charge in [-0.05, 0) is 79.7 Å². The molecule has 2 saturated carbocycles. The number of methoxy groups -OCH3 is 1. The number of cyclic esters (lactones) is 1. The molecule has 1 aromatic rings. The average molecular weight is 473 g/mol. The molecule has 1 aromatic carbocycles. The highest BCUT2D eigenvalue weighted by atomic mass is 32.2. The van der Waals surface area contributed by atoms with Crippen molar-refractivity contribution in [3.05, 3.63) is 48.1 Å². The molecule has 1 heterocycles. The van der Waals surface area contributed by atoms with Gasteiger partial charge < -0.3 is 19.7 Å². The van der Waals surface area contributed by atoms with Crippen LogP contribution in [-0.4, -0.2) is 47.9 Å². The normalized spacial score (nSPS) is 34.9. The molecular formula is C27H36O5S. The summed E-state index contributed by atoms with van der Waals surface area (Å²) in [6, 6.07) is 7.92. The molecule has 0 bridgehead atoms. The van der Waals surface area contributed by atoms with Gasteiger partial charge in [0.25, 0.3) is 0 Å². The van der Waals surface area contributed by atoms with Gasteiger partial charge in [-0.2, -0.15) is 0 Å². The summed E-state index contributed by atoms with van der Waals surface area (Å²) >= 11 is 1.68. The lowest BCUT2D eigenvalue weighted by atomic mass is 9.46. The van der Waals surface area contributed by atoms with Crippen LogP contribution in [0.1, 0.15) is 46.0 Å². The van der Waals surface area contributed by atoms with E-state index in [1.54, 1.807) is 18.9 Å². The fourth-order valence-corrected chi connectivity index (χ4v) is 7.77. The lowest BCUT2D eigenvalue weighted by Crippen LogP contribution is -2.57. The lowest BCUT2D eigenvalue weighted by Gasteiger charge is -2.60. The number of hydrogen-bond donors (Lipinski definition) is 2. The molecule has 6 heteroatoms. The third-order valence-electron chi connectivity index (χ3n) is 8.58. The Morgan fingerprint density at radius 1 is 1.27 bits per heavy atom. The van der Waals surface area contributed by atoms with Gasteiger partial charge in [-0.1, -0.05) is 26.0 Å². The molecule has 6 atom stereocenters. The van der Waals surface area contributed by atoms with Crippen LogP contribution in [0.5, 0.6) is 5.75 Å². The predicted octanol–water partition coefficient (Wildman–Crippen LogP) is 4.77. The van der Waals surface area contributed by atoms with Crippen LogP contribution in [0.4, 0.5) is 0 Å². The molecule has 3 aliphatic rings. The average Bonchev–Trinajstić information content (AvgIpc) is 3.24. The Hall–Kier alpha value is -1.76. The van der Waals surface area contributed by atoms with Crippen LogP contribution in [-0.2, 0) is 9.53 Å². The van der Waals surface area contributed by atoms with Crippen molar-refractivity contribution in [3.8, 4) is 5.75 Å². The number of ether oxygens (including phenoxy) is 2. The summed E-state index contributed by atoms with van der Waals surface area (Å²) in [4.78, 5) is 13.6. The second kappa shape index (κ2) is 9.47. The van der Waals surface area contributed by atoms with E-state index in [2.05, 4.69) is 13.5 Å². The van der Waals surface area contributed by atoms with E-state index < -0.39 is 11.5 Å². The number of thioether (sulfide) groups is 1. The fourth-order valence-electron chi connectivity index (χ4n) is 6.54. The Bertz CT molecular complexity index is 925. The van der Waals surface area contributed by atoms with Gasteiger partial charge in [-0.25, -0.2) is 4.79 Å². The predicted molar refractivity (Wildman–Crippen MR) is 130 cm³/mol. The van der Waals surface area contributed by atoms with Gasteiger partial charge in [0, 0.05) is 21.1 Å². The van der Waals surface area contributed by atoms with Gasteiger partial charge in [0.2, 0.25) is 0 Å². The summed E-state index contributed by atoms with van der Waals surface area (Å²) in [5, 5.41) is 21.0. The van der Waals surface area contributed by atoms with Crippen molar-refractivity contribution in [1.29, 1.82) is 0 Å². The summed E-state index contributed by atoms with van der Waals surface area (Å²) < 4.78 is 10.6. The van der Waals surface area contributed by atoms with Crippen molar-refractivity contribution in [3.63, 3.8) is 0 Å². The smallest absolute Gasteiger partial charge is 0.335 e. The van der Waals surface area contributed by atoms with Crippen LogP contribution in [0.2, 0.25) is 0 Å². The number of aliphatic hydroxyl groups is 2. The molecule has 2 fully saturated rings. The van der Waals surface area contributed by atoms with E-state index in [0.29, 0.717) is 13.0 Å². The number of fused-ring (bicyclic) bond motifs is 1. The molecule has 0 amide bonds. The number of benzene rings is 1. The standard InChI is InChI=1S/C27H36O5S/c1-17-5-10-23-26(2,13-11-24(29)27(23,3)16-28)21(17)15-22(20-12-14-32-25(20)30)33-19-8-6-18(31-4)7-9-19/h6-9,12,21-24,28-29H,1,5,10-11,13-16H2,2-4H3/t21-,22?,23+,24-,26+,27+/m1/s1. The minimum atomic E-state index is -0.518. The van der Waals surface area contributed by atoms with E-state index in [9.17, 15) is 15.0 Å². The Morgan fingerprint density at radius 2 is 2.00 bits per heavy atom. The largest absolute Gasteiger partial charge is 0.497 e. The second-order valence-electron chi connectivity index (χ2n) is 10.3.